The van der Waals surface area contributed by atoms with Gasteiger partial charge in [0, 0.05) is 36.7 Å². The maximum atomic E-state index is 13.6. The van der Waals surface area contributed by atoms with Crippen molar-refractivity contribution in [1.29, 1.82) is 0 Å². The second kappa shape index (κ2) is 12.0. The molecule has 3 aromatic rings. The lowest BCUT2D eigenvalue weighted by molar-refractivity contribution is -0.135. The average Bonchev–Trinajstić information content (AvgIpc) is 3.56. The van der Waals surface area contributed by atoms with E-state index in [2.05, 4.69) is 11.4 Å². The highest BCUT2D eigenvalue weighted by Gasteiger charge is 2.33. The van der Waals surface area contributed by atoms with Gasteiger partial charge in [-0.15, -0.1) is 22.7 Å². The van der Waals surface area contributed by atoms with Crippen molar-refractivity contribution in [1.82, 2.24) is 9.80 Å². The third kappa shape index (κ3) is 6.25. The van der Waals surface area contributed by atoms with Gasteiger partial charge in [-0.05, 0) is 72.0 Å². The minimum atomic E-state index is -0.217. The number of carbonyl (C=O) groups is 2. The normalized spacial score (nSPS) is 15.1. The summed E-state index contributed by atoms with van der Waals surface area (Å²) in [4.78, 5) is 32.1. The third-order valence-corrected chi connectivity index (χ3v) is 8.35. The molecule has 1 aliphatic rings. The molecule has 2 amide bonds. The second-order valence-corrected chi connectivity index (χ2v) is 10.8. The Bertz CT molecular complexity index is 1150. The van der Waals surface area contributed by atoms with Crippen LogP contribution in [-0.2, 0) is 16.0 Å². The zero-order valence-corrected chi connectivity index (χ0v) is 22.3. The number of methoxy groups -OCH3 is 1. The first-order valence-corrected chi connectivity index (χ1v) is 13.7. The van der Waals surface area contributed by atoms with E-state index in [0.29, 0.717) is 42.6 Å². The number of benzene rings is 1. The van der Waals surface area contributed by atoms with Gasteiger partial charge in [0.2, 0.25) is 5.91 Å². The molecule has 35 heavy (non-hydrogen) atoms. The second-order valence-electron chi connectivity index (χ2n) is 8.42. The van der Waals surface area contributed by atoms with Crippen LogP contribution >= 0.6 is 34.3 Å². The van der Waals surface area contributed by atoms with Crippen LogP contribution in [-0.4, -0.2) is 61.6 Å². The Hall–Kier alpha value is -2.39. The number of carbonyl (C=O) groups excluding carboxylic acids is 2. The van der Waals surface area contributed by atoms with Crippen molar-refractivity contribution in [3.05, 3.63) is 73.1 Å². The van der Waals surface area contributed by atoms with Gasteiger partial charge in [-0.3, -0.25) is 9.59 Å². The molecule has 0 spiro atoms. The predicted molar refractivity (Wildman–Crippen MR) is 141 cm³/mol. The van der Waals surface area contributed by atoms with E-state index in [1.165, 1.54) is 16.2 Å². The van der Waals surface area contributed by atoms with Gasteiger partial charge in [0.1, 0.15) is 18.9 Å². The lowest BCUT2D eigenvalue weighted by Crippen LogP contribution is -2.48. The molecule has 0 saturated heterocycles. The lowest BCUT2D eigenvalue weighted by atomic mass is 10.0. The third-order valence-electron chi connectivity index (χ3n) is 6.07. The molecular formula is C26H29ClN2O4S2. The molecule has 186 valence electrons. The van der Waals surface area contributed by atoms with Crippen molar-refractivity contribution >= 4 is 46.1 Å². The minimum absolute atomic E-state index is 0.0243. The fraction of sp³-hybridized carbons (Fsp3) is 0.385. The summed E-state index contributed by atoms with van der Waals surface area (Å²) in [7, 11) is 1.63. The van der Waals surface area contributed by atoms with Crippen LogP contribution in [0.5, 0.6) is 5.75 Å². The van der Waals surface area contributed by atoms with Crippen molar-refractivity contribution in [2.24, 2.45) is 0 Å². The van der Waals surface area contributed by atoms with Crippen LogP contribution in [0, 0.1) is 6.92 Å². The van der Waals surface area contributed by atoms with Gasteiger partial charge >= 0.3 is 0 Å². The smallest absolute Gasteiger partial charge is 0.264 e. The molecular weight excluding hydrogens is 504 g/mol. The maximum absolute atomic E-state index is 13.6. The molecule has 0 bridgehead atoms. The number of thiophene rings is 2. The number of rotatable bonds is 10. The number of halogens is 1. The van der Waals surface area contributed by atoms with E-state index in [9.17, 15) is 9.59 Å². The van der Waals surface area contributed by atoms with E-state index in [4.69, 9.17) is 21.1 Å². The highest BCUT2D eigenvalue weighted by atomic mass is 35.5. The summed E-state index contributed by atoms with van der Waals surface area (Å²) >= 11 is 9.25. The molecule has 9 heteroatoms. The zero-order valence-electron chi connectivity index (χ0n) is 19.9. The highest BCUT2D eigenvalue weighted by Crippen LogP contribution is 2.34. The molecule has 0 aliphatic carbocycles. The molecule has 0 unspecified atom stereocenters. The summed E-state index contributed by atoms with van der Waals surface area (Å²) in [5.41, 5.74) is 2.06. The van der Waals surface area contributed by atoms with Gasteiger partial charge in [0.25, 0.3) is 5.91 Å². The molecule has 1 aliphatic heterocycles. The molecule has 0 saturated carbocycles. The van der Waals surface area contributed by atoms with Crippen LogP contribution in [0.1, 0.15) is 38.1 Å². The van der Waals surface area contributed by atoms with Crippen LogP contribution in [0.2, 0.25) is 5.02 Å². The van der Waals surface area contributed by atoms with Crippen molar-refractivity contribution in [3.8, 4) is 5.75 Å². The summed E-state index contributed by atoms with van der Waals surface area (Å²) in [5, 5.41) is 4.63. The molecule has 3 heterocycles. The first kappa shape index (κ1) is 25.7. The van der Waals surface area contributed by atoms with Crippen LogP contribution in [0.3, 0.4) is 0 Å². The first-order valence-electron chi connectivity index (χ1n) is 11.5. The minimum Gasteiger partial charge on any atom is -0.491 e. The number of nitrogens with zero attached hydrogens (tertiary/aromatic N) is 2. The lowest BCUT2D eigenvalue weighted by Gasteiger charge is -2.37. The van der Waals surface area contributed by atoms with E-state index < -0.39 is 0 Å². The van der Waals surface area contributed by atoms with Crippen LogP contribution < -0.4 is 4.74 Å². The van der Waals surface area contributed by atoms with Gasteiger partial charge in [0.15, 0.2) is 0 Å². The van der Waals surface area contributed by atoms with Crippen LogP contribution in [0.25, 0.3) is 0 Å². The quantitative estimate of drug-likeness (QED) is 0.325. The number of fused-ring (bicyclic) bond motifs is 1. The molecule has 0 N–H and O–H groups in total. The predicted octanol–water partition coefficient (Wildman–Crippen LogP) is 5.46. The summed E-state index contributed by atoms with van der Waals surface area (Å²) in [5.74, 6) is 0.517. The Labute approximate surface area is 219 Å². The highest BCUT2D eigenvalue weighted by molar-refractivity contribution is 7.12. The zero-order chi connectivity index (χ0) is 24.8. The summed E-state index contributed by atoms with van der Waals surface area (Å²) in [6, 6.07) is 11.1. The fourth-order valence-electron chi connectivity index (χ4n) is 4.22. The number of aryl methyl sites for hydroxylation is 1. The fourth-order valence-corrected chi connectivity index (χ4v) is 5.96. The van der Waals surface area contributed by atoms with Crippen molar-refractivity contribution in [2.75, 3.05) is 40.0 Å². The molecule has 0 fully saturated rings. The van der Waals surface area contributed by atoms with Crippen molar-refractivity contribution < 1.29 is 19.1 Å². The molecule has 2 aromatic heterocycles. The SMILES string of the molecule is COCCCN(CC(=O)N1CCc2sccc2[C@@H]1COc1ccc(Cl)c(C)c1)C(=O)c1cccs1. The molecule has 6 nitrogen and oxygen atoms in total. The number of hydrogen-bond donors (Lipinski definition) is 0. The standard InChI is InChI=1S/C26H29ClN2O4S2/c1-18-15-19(6-7-21(18)27)33-17-22-20-9-14-35-23(20)8-11-29(22)25(30)16-28(10-4-12-32-2)26(31)24-5-3-13-34-24/h3,5-7,9,13-15,22H,4,8,10-12,16-17H2,1-2H3/t22-/m0/s1. The maximum Gasteiger partial charge on any atom is 0.264 e. The van der Waals surface area contributed by atoms with Gasteiger partial charge in [0.05, 0.1) is 10.9 Å². The Kier molecular flexibility index (Phi) is 8.83. The molecule has 1 aromatic carbocycles. The Morgan fingerprint density at radius 3 is 2.80 bits per heavy atom. The van der Waals surface area contributed by atoms with Gasteiger partial charge in [-0.2, -0.15) is 0 Å². The van der Waals surface area contributed by atoms with E-state index in [1.54, 1.807) is 29.4 Å². The Morgan fingerprint density at radius 1 is 1.20 bits per heavy atom. The van der Waals surface area contributed by atoms with Crippen molar-refractivity contribution in [2.45, 2.75) is 25.8 Å². The summed E-state index contributed by atoms with van der Waals surface area (Å²) < 4.78 is 11.3. The van der Waals surface area contributed by atoms with Gasteiger partial charge in [-0.1, -0.05) is 17.7 Å². The number of amides is 2. The first-order chi connectivity index (χ1) is 17.0. The average molecular weight is 533 g/mol. The van der Waals surface area contributed by atoms with Crippen LogP contribution in [0.15, 0.2) is 47.2 Å². The topological polar surface area (TPSA) is 59.1 Å². The van der Waals surface area contributed by atoms with Gasteiger partial charge < -0.3 is 19.3 Å². The Balaban J connectivity index is 1.51. The Morgan fingerprint density at radius 2 is 2.06 bits per heavy atom. The van der Waals surface area contributed by atoms with E-state index in [0.717, 1.165) is 23.3 Å². The number of ether oxygens (including phenoxy) is 2. The number of hydrogen-bond acceptors (Lipinski definition) is 6. The van der Waals surface area contributed by atoms with E-state index in [-0.39, 0.29) is 24.4 Å². The summed E-state index contributed by atoms with van der Waals surface area (Å²) in [6.45, 7) is 3.88. The van der Waals surface area contributed by atoms with Crippen LogP contribution in [0.4, 0.5) is 0 Å². The largest absolute Gasteiger partial charge is 0.491 e. The van der Waals surface area contributed by atoms with Crippen molar-refractivity contribution in [3.63, 3.8) is 0 Å². The monoisotopic (exact) mass is 532 g/mol. The molecule has 0 radical (unpaired) electrons. The van der Waals surface area contributed by atoms with E-state index >= 15 is 0 Å². The molecule has 1 atom stereocenters. The van der Waals surface area contributed by atoms with Gasteiger partial charge in [-0.25, -0.2) is 0 Å². The summed E-state index contributed by atoms with van der Waals surface area (Å²) in [6.07, 6.45) is 1.47. The molecule has 4 rings (SSSR count). The van der Waals surface area contributed by atoms with E-state index in [1.807, 2.05) is 41.5 Å².